The smallest absolute Gasteiger partial charge is 0.328 e. The maximum atomic E-state index is 12.6. The van der Waals surface area contributed by atoms with Crippen molar-refractivity contribution in [1.29, 1.82) is 0 Å². The van der Waals surface area contributed by atoms with Crippen molar-refractivity contribution in [2.45, 2.75) is 44.9 Å². The molecule has 0 aromatic heterocycles. The predicted octanol–water partition coefficient (Wildman–Crippen LogP) is 0.531. The molecule has 2 unspecified atom stereocenters. The largest absolute Gasteiger partial charge is 0.480 e. The van der Waals surface area contributed by atoms with Gasteiger partial charge in [0.05, 0.1) is 11.8 Å². The van der Waals surface area contributed by atoms with Crippen LogP contribution in [-0.4, -0.2) is 52.3 Å². The summed E-state index contributed by atoms with van der Waals surface area (Å²) in [6.45, 7) is 4.64. The summed E-state index contributed by atoms with van der Waals surface area (Å²) in [7, 11) is 0. The van der Waals surface area contributed by atoms with Crippen molar-refractivity contribution in [2.24, 2.45) is 0 Å². The second kappa shape index (κ2) is 7.10. The van der Waals surface area contributed by atoms with Gasteiger partial charge in [0.1, 0.15) is 5.75 Å². The van der Waals surface area contributed by atoms with Crippen LogP contribution in [-0.2, 0) is 14.4 Å². The van der Waals surface area contributed by atoms with E-state index in [1.54, 1.807) is 38.1 Å². The Balaban J connectivity index is 2.10. The minimum atomic E-state index is -1.39. The predicted molar refractivity (Wildman–Crippen MR) is 89.4 cm³/mol. The first-order chi connectivity index (χ1) is 11.6. The summed E-state index contributed by atoms with van der Waals surface area (Å²) in [4.78, 5) is 37.1. The zero-order valence-corrected chi connectivity index (χ0v) is 14.4. The van der Waals surface area contributed by atoms with Crippen LogP contribution in [0.3, 0.4) is 0 Å². The third-order valence-electron chi connectivity index (χ3n) is 3.91. The summed E-state index contributed by atoms with van der Waals surface area (Å²) in [5.41, 5.74) is -0.501. The molecule has 1 aliphatic heterocycles. The van der Waals surface area contributed by atoms with Crippen LogP contribution < -0.4 is 15.0 Å². The van der Waals surface area contributed by atoms with E-state index in [1.807, 2.05) is 0 Å². The number of carboxylic acids is 1. The van der Waals surface area contributed by atoms with Crippen LogP contribution in [0.15, 0.2) is 24.3 Å². The highest BCUT2D eigenvalue weighted by Crippen LogP contribution is 2.37. The summed E-state index contributed by atoms with van der Waals surface area (Å²) in [5.74, 6) is -1.63. The Bertz CT molecular complexity index is 685. The average Bonchev–Trinajstić information content (AvgIpc) is 2.52. The van der Waals surface area contributed by atoms with Crippen LogP contribution in [0.25, 0.3) is 0 Å². The number of para-hydroxylation sites is 2. The molecule has 3 N–H and O–H groups in total. The van der Waals surface area contributed by atoms with E-state index in [2.05, 4.69) is 5.32 Å². The Morgan fingerprint density at radius 1 is 1.32 bits per heavy atom. The SMILES string of the molecule is CC(O)C(NC(=O)CCN1C(=O)C(C)(C)Oc2ccccc21)C(=O)O. The maximum Gasteiger partial charge on any atom is 0.328 e. The van der Waals surface area contributed by atoms with Gasteiger partial charge in [-0.2, -0.15) is 0 Å². The second-order valence-electron chi connectivity index (χ2n) is 6.41. The molecule has 1 aromatic carbocycles. The van der Waals surface area contributed by atoms with Gasteiger partial charge >= 0.3 is 5.97 Å². The van der Waals surface area contributed by atoms with Crippen LogP contribution in [0.4, 0.5) is 5.69 Å². The summed E-state index contributed by atoms with van der Waals surface area (Å²) >= 11 is 0. The molecule has 8 heteroatoms. The van der Waals surface area contributed by atoms with Gasteiger partial charge in [-0.25, -0.2) is 4.79 Å². The van der Waals surface area contributed by atoms with Gasteiger partial charge in [-0.15, -0.1) is 0 Å². The monoisotopic (exact) mass is 350 g/mol. The fraction of sp³-hybridized carbons (Fsp3) is 0.471. The first-order valence-electron chi connectivity index (χ1n) is 7.93. The van der Waals surface area contributed by atoms with Crippen molar-refractivity contribution >= 4 is 23.5 Å². The van der Waals surface area contributed by atoms with Crippen LogP contribution in [0.5, 0.6) is 5.75 Å². The summed E-state index contributed by atoms with van der Waals surface area (Å²) in [5, 5.41) is 20.7. The molecule has 0 saturated carbocycles. The number of hydrogen-bond acceptors (Lipinski definition) is 5. The number of hydrogen-bond donors (Lipinski definition) is 3. The highest BCUT2D eigenvalue weighted by atomic mass is 16.5. The van der Waals surface area contributed by atoms with Crippen molar-refractivity contribution in [3.63, 3.8) is 0 Å². The van der Waals surface area contributed by atoms with E-state index in [9.17, 15) is 19.5 Å². The summed E-state index contributed by atoms with van der Waals surface area (Å²) in [6.07, 6.45) is -1.33. The third kappa shape index (κ3) is 4.08. The number of carbonyl (C=O) groups is 3. The van der Waals surface area contributed by atoms with E-state index in [0.717, 1.165) is 0 Å². The number of nitrogens with zero attached hydrogens (tertiary/aromatic N) is 1. The zero-order valence-electron chi connectivity index (χ0n) is 14.4. The standard InChI is InChI=1S/C17H22N2O6/c1-10(20)14(15(22)23)18-13(21)8-9-19-11-6-4-5-7-12(11)25-17(2,3)16(19)24/h4-7,10,14,20H,8-9H2,1-3H3,(H,18,21)(H,22,23). The summed E-state index contributed by atoms with van der Waals surface area (Å²) < 4.78 is 5.69. The highest BCUT2D eigenvalue weighted by Gasteiger charge is 2.40. The van der Waals surface area contributed by atoms with Crippen LogP contribution in [0.2, 0.25) is 0 Å². The second-order valence-corrected chi connectivity index (χ2v) is 6.41. The molecule has 0 spiro atoms. The fourth-order valence-corrected chi connectivity index (χ4v) is 2.59. The van der Waals surface area contributed by atoms with E-state index in [-0.39, 0.29) is 18.9 Å². The lowest BCUT2D eigenvalue weighted by atomic mass is 10.0. The van der Waals surface area contributed by atoms with Crippen molar-refractivity contribution in [2.75, 3.05) is 11.4 Å². The molecule has 25 heavy (non-hydrogen) atoms. The third-order valence-corrected chi connectivity index (χ3v) is 3.91. The quantitative estimate of drug-likeness (QED) is 0.689. The molecule has 0 aliphatic carbocycles. The Labute approximate surface area is 145 Å². The number of nitrogens with one attached hydrogen (secondary N) is 1. The van der Waals surface area contributed by atoms with Crippen LogP contribution in [0, 0.1) is 0 Å². The molecule has 136 valence electrons. The minimum absolute atomic E-state index is 0.0701. The van der Waals surface area contributed by atoms with Crippen molar-refractivity contribution in [1.82, 2.24) is 5.32 Å². The van der Waals surface area contributed by atoms with E-state index in [4.69, 9.17) is 9.84 Å². The molecule has 2 atom stereocenters. The van der Waals surface area contributed by atoms with Crippen molar-refractivity contribution < 1.29 is 29.3 Å². The van der Waals surface area contributed by atoms with Gasteiger partial charge < -0.3 is 25.2 Å². The first-order valence-corrected chi connectivity index (χ1v) is 7.93. The molecule has 8 nitrogen and oxygen atoms in total. The van der Waals surface area contributed by atoms with Gasteiger partial charge in [-0.1, -0.05) is 12.1 Å². The number of aliphatic hydroxyl groups is 1. The number of fused-ring (bicyclic) bond motifs is 1. The molecule has 2 rings (SSSR count). The van der Waals surface area contributed by atoms with Gasteiger partial charge in [0, 0.05) is 13.0 Å². The number of aliphatic carboxylic acids is 1. The topological polar surface area (TPSA) is 116 Å². The Morgan fingerprint density at radius 3 is 2.56 bits per heavy atom. The average molecular weight is 350 g/mol. The summed E-state index contributed by atoms with van der Waals surface area (Å²) in [6, 6.07) is 5.61. The molecule has 0 fully saturated rings. The number of ether oxygens (including phenoxy) is 1. The van der Waals surface area contributed by atoms with Crippen molar-refractivity contribution in [3.8, 4) is 5.75 Å². The van der Waals surface area contributed by atoms with E-state index >= 15 is 0 Å². The molecule has 0 saturated heterocycles. The lowest BCUT2D eigenvalue weighted by Gasteiger charge is -2.38. The Hall–Kier alpha value is -2.61. The Morgan fingerprint density at radius 2 is 1.96 bits per heavy atom. The number of carbonyl (C=O) groups excluding carboxylic acids is 2. The first kappa shape index (κ1) is 18.7. The van der Waals surface area contributed by atoms with Gasteiger partial charge in [-0.3, -0.25) is 9.59 Å². The molecule has 0 radical (unpaired) electrons. The highest BCUT2D eigenvalue weighted by molar-refractivity contribution is 6.02. The lowest BCUT2D eigenvalue weighted by molar-refractivity contribution is -0.144. The number of aliphatic hydroxyl groups excluding tert-OH is 1. The van der Waals surface area contributed by atoms with Crippen molar-refractivity contribution in [3.05, 3.63) is 24.3 Å². The van der Waals surface area contributed by atoms with Gasteiger partial charge in [0.15, 0.2) is 11.6 Å². The number of carboxylic acid groups (broad SMARTS) is 1. The molecule has 1 aliphatic rings. The van der Waals surface area contributed by atoms with Gasteiger partial charge in [0.2, 0.25) is 5.91 Å². The Kier molecular flexibility index (Phi) is 5.32. The molecular weight excluding hydrogens is 328 g/mol. The van der Waals surface area contributed by atoms with Crippen LogP contribution >= 0.6 is 0 Å². The molecular formula is C17H22N2O6. The normalized spacial score (nSPS) is 17.9. The lowest BCUT2D eigenvalue weighted by Crippen LogP contribution is -2.53. The van der Waals surface area contributed by atoms with Gasteiger partial charge in [-0.05, 0) is 32.9 Å². The molecule has 2 amide bonds. The number of benzene rings is 1. The number of rotatable bonds is 6. The van der Waals surface area contributed by atoms with E-state index in [1.165, 1.54) is 11.8 Å². The van der Waals surface area contributed by atoms with Gasteiger partial charge in [0.25, 0.3) is 5.91 Å². The molecule has 1 aromatic rings. The molecule has 1 heterocycles. The fourth-order valence-electron chi connectivity index (χ4n) is 2.59. The van der Waals surface area contributed by atoms with E-state index in [0.29, 0.717) is 11.4 Å². The van der Waals surface area contributed by atoms with E-state index < -0.39 is 29.6 Å². The zero-order chi connectivity index (χ0) is 18.8. The number of anilines is 1. The maximum absolute atomic E-state index is 12.6. The minimum Gasteiger partial charge on any atom is -0.480 e. The number of amides is 2. The van der Waals surface area contributed by atoms with Crippen LogP contribution in [0.1, 0.15) is 27.2 Å². The molecule has 0 bridgehead atoms.